The normalized spacial score (nSPS) is 15.3. The number of aromatic nitrogens is 3. The molecular weight excluding hydrogens is 427 g/mol. The molecule has 12 heteroatoms. The van der Waals surface area contributed by atoms with E-state index >= 15 is 0 Å². The number of amides is 1. The molecule has 1 aliphatic heterocycles. The van der Waals surface area contributed by atoms with Crippen LogP contribution in [0.2, 0.25) is 0 Å². The largest absolute Gasteiger partial charge is 0.384 e. The summed E-state index contributed by atoms with van der Waals surface area (Å²) in [7, 11) is -4.70. The van der Waals surface area contributed by atoms with Crippen molar-refractivity contribution in [2.24, 2.45) is 5.10 Å². The van der Waals surface area contributed by atoms with Gasteiger partial charge in [-0.1, -0.05) is 0 Å². The van der Waals surface area contributed by atoms with Gasteiger partial charge in [0, 0.05) is 29.9 Å². The smallest absolute Gasteiger partial charge is 0.294 e. The molecule has 0 aliphatic carbocycles. The van der Waals surface area contributed by atoms with Crippen molar-refractivity contribution in [1.82, 2.24) is 20.2 Å². The Morgan fingerprint density at radius 3 is 2.52 bits per heavy atom. The number of rotatable bonds is 5. The zero-order chi connectivity index (χ0) is 22.2. The Balaban J connectivity index is 1.91. The summed E-state index contributed by atoms with van der Waals surface area (Å²) in [6, 6.07) is 8.73. The lowest BCUT2D eigenvalue weighted by Crippen LogP contribution is -2.34. The van der Waals surface area contributed by atoms with E-state index in [-0.39, 0.29) is 30.3 Å². The first-order valence-corrected chi connectivity index (χ1v) is 10.6. The van der Waals surface area contributed by atoms with Gasteiger partial charge in [-0.15, -0.1) is 0 Å². The molecule has 1 aliphatic rings. The van der Waals surface area contributed by atoms with Crippen LogP contribution in [0.1, 0.15) is 18.2 Å². The molecule has 0 bridgehead atoms. The topological polar surface area (TPSA) is 153 Å². The van der Waals surface area contributed by atoms with E-state index in [1.165, 1.54) is 36.7 Å². The van der Waals surface area contributed by atoms with Crippen LogP contribution in [-0.4, -0.2) is 39.4 Å². The zero-order valence-corrected chi connectivity index (χ0v) is 16.8. The molecular formula is C19H17FN6O4S. The van der Waals surface area contributed by atoms with Crippen LogP contribution in [-0.2, 0) is 14.9 Å². The molecule has 0 spiro atoms. The molecule has 0 saturated carbocycles. The Morgan fingerprint density at radius 2 is 1.90 bits per heavy atom. The summed E-state index contributed by atoms with van der Waals surface area (Å²) in [5, 5.41) is 6.53. The molecule has 0 radical (unpaired) electrons. The molecule has 31 heavy (non-hydrogen) atoms. The predicted molar refractivity (Wildman–Crippen MR) is 111 cm³/mol. The summed E-state index contributed by atoms with van der Waals surface area (Å²) in [5.41, 5.74) is 9.95. The quantitative estimate of drug-likeness (QED) is 0.509. The molecule has 0 saturated heterocycles. The van der Waals surface area contributed by atoms with Crippen LogP contribution >= 0.6 is 0 Å². The monoisotopic (exact) mass is 444 g/mol. The van der Waals surface area contributed by atoms with Gasteiger partial charge in [0.2, 0.25) is 11.3 Å². The number of nitrogens with zero attached hydrogens (tertiary/aromatic N) is 4. The van der Waals surface area contributed by atoms with Crippen LogP contribution in [0.3, 0.4) is 0 Å². The van der Waals surface area contributed by atoms with E-state index in [1.807, 2.05) is 0 Å². The molecule has 3 heterocycles. The summed E-state index contributed by atoms with van der Waals surface area (Å²) in [6.07, 6.45) is 2.95. The van der Waals surface area contributed by atoms with Crippen molar-refractivity contribution in [3.63, 3.8) is 0 Å². The minimum Gasteiger partial charge on any atom is -0.384 e. The summed E-state index contributed by atoms with van der Waals surface area (Å²) < 4.78 is 48.8. The van der Waals surface area contributed by atoms with Crippen LogP contribution in [0, 0.1) is 5.82 Å². The van der Waals surface area contributed by atoms with Crippen LogP contribution < -0.4 is 11.2 Å². The van der Waals surface area contributed by atoms with Gasteiger partial charge in [0.15, 0.2) is 0 Å². The fourth-order valence-corrected chi connectivity index (χ4v) is 4.18. The number of benzene rings is 1. The van der Waals surface area contributed by atoms with E-state index in [4.69, 9.17) is 5.73 Å². The molecule has 3 aromatic rings. The standard InChI is InChI=1S/C19H17FN6O4S/c20-13-3-1-11(2-4-13)18-14(12-7-8-22-16(21)9-12)10-26(25-18)19(31(28,29)30)15-5-6-17(27)24-23-15/h1-4,7-10,19H,5-6H2,(H2,21,22)(H,24,27)(H,28,29,30). The van der Waals surface area contributed by atoms with Crippen molar-refractivity contribution in [3.05, 3.63) is 54.6 Å². The van der Waals surface area contributed by atoms with Gasteiger partial charge >= 0.3 is 0 Å². The number of anilines is 1. The molecule has 0 fully saturated rings. The minimum atomic E-state index is -4.70. The molecule has 1 atom stereocenters. The Hall–Kier alpha value is -3.64. The Morgan fingerprint density at radius 1 is 1.16 bits per heavy atom. The molecule has 4 N–H and O–H groups in total. The van der Waals surface area contributed by atoms with Crippen molar-refractivity contribution < 1.29 is 22.2 Å². The van der Waals surface area contributed by atoms with E-state index in [0.717, 1.165) is 4.68 Å². The second-order valence-electron chi connectivity index (χ2n) is 6.85. The third-order valence-corrected chi connectivity index (χ3v) is 5.73. The van der Waals surface area contributed by atoms with E-state index in [2.05, 4.69) is 20.6 Å². The fraction of sp³-hybridized carbons (Fsp3) is 0.158. The number of hydrazone groups is 1. The summed E-state index contributed by atoms with van der Waals surface area (Å²) >= 11 is 0. The lowest BCUT2D eigenvalue weighted by atomic mass is 10.0. The number of nitrogen functional groups attached to an aromatic ring is 1. The summed E-state index contributed by atoms with van der Waals surface area (Å²) in [4.78, 5) is 15.4. The number of nitrogens with one attached hydrogen (secondary N) is 1. The number of carbonyl (C=O) groups is 1. The molecule has 10 nitrogen and oxygen atoms in total. The molecule has 1 amide bonds. The van der Waals surface area contributed by atoms with Gasteiger partial charge in [-0.05, 0) is 48.4 Å². The highest BCUT2D eigenvalue weighted by atomic mass is 32.2. The van der Waals surface area contributed by atoms with E-state index in [1.54, 1.807) is 12.1 Å². The van der Waals surface area contributed by atoms with Crippen LogP contribution in [0.15, 0.2) is 53.9 Å². The Bertz CT molecular complexity index is 1290. The van der Waals surface area contributed by atoms with E-state index in [9.17, 15) is 22.2 Å². The average molecular weight is 444 g/mol. The van der Waals surface area contributed by atoms with Gasteiger partial charge in [0.05, 0.1) is 5.71 Å². The Labute approximate surface area is 176 Å². The molecule has 160 valence electrons. The first-order valence-electron chi connectivity index (χ1n) is 9.11. The highest BCUT2D eigenvalue weighted by molar-refractivity contribution is 7.86. The Kier molecular flexibility index (Phi) is 5.25. The molecule has 1 unspecified atom stereocenters. The average Bonchev–Trinajstić information content (AvgIpc) is 3.14. The van der Waals surface area contributed by atoms with Gasteiger partial charge in [-0.25, -0.2) is 19.5 Å². The first kappa shape index (κ1) is 20.6. The third-order valence-electron chi connectivity index (χ3n) is 4.68. The first-order chi connectivity index (χ1) is 14.7. The van der Waals surface area contributed by atoms with Crippen molar-refractivity contribution in [1.29, 1.82) is 0 Å². The maximum Gasteiger partial charge on any atom is 0.294 e. The van der Waals surface area contributed by atoms with Crippen molar-refractivity contribution in [3.8, 4) is 22.4 Å². The van der Waals surface area contributed by atoms with E-state index in [0.29, 0.717) is 22.4 Å². The summed E-state index contributed by atoms with van der Waals surface area (Å²) in [6.45, 7) is 0. The highest BCUT2D eigenvalue weighted by Crippen LogP contribution is 2.34. The predicted octanol–water partition coefficient (Wildman–Crippen LogP) is 1.99. The van der Waals surface area contributed by atoms with Gasteiger partial charge in [-0.3, -0.25) is 9.35 Å². The minimum absolute atomic E-state index is 0.0185. The number of carbonyl (C=O) groups excluding carboxylic acids is 1. The van der Waals surface area contributed by atoms with Crippen LogP contribution in [0.25, 0.3) is 22.4 Å². The lowest BCUT2D eigenvalue weighted by Gasteiger charge is -2.19. The fourth-order valence-electron chi connectivity index (χ4n) is 3.29. The van der Waals surface area contributed by atoms with Crippen LogP contribution in [0.4, 0.5) is 10.2 Å². The SMILES string of the molecule is Nc1cc(-c2cn(C(C3=NNC(=O)CC3)S(=O)(=O)O)nc2-c2ccc(F)cc2)ccn1. The maximum absolute atomic E-state index is 13.4. The molecule has 2 aromatic heterocycles. The van der Waals surface area contributed by atoms with Gasteiger partial charge in [0.25, 0.3) is 10.1 Å². The third kappa shape index (κ3) is 4.29. The molecule has 1 aromatic carbocycles. The second-order valence-corrected chi connectivity index (χ2v) is 8.33. The van der Waals surface area contributed by atoms with Crippen LogP contribution in [0.5, 0.6) is 0 Å². The lowest BCUT2D eigenvalue weighted by molar-refractivity contribution is -0.121. The number of hydrogen-bond donors (Lipinski definition) is 3. The maximum atomic E-state index is 13.4. The highest BCUT2D eigenvalue weighted by Gasteiger charge is 2.34. The zero-order valence-electron chi connectivity index (χ0n) is 15.9. The van der Waals surface area contributed by atoms with Gasteiger partial charge in [0.1, 0.15) is 17.3 Å². The number of pyridine rings is 1. The van der Waals surface area contributed by atoms with Gasteiger partial charge < -0.3 is 5.73 Å². The number of hydrogen-bond acceptors (Lipinski definition) is 7. The van der Waals surface area contributed by atoms with Gasteiger partial charge in [-0.2, -0.15) is 18.6 Å². The summed E-state index contributed by atoms with van der Waals surface area (Å²) in [5.74, 6) is -0.569. The van der Waals surface area contributed by atoms with Crippen molar-refractivity contribution in [2.45, 2.75) is 18.2 Å². The number of nitrogens with two attached hydrogens (primary N) is 1. The van der Waals surface area contributed by atoms with Crippen molar-refractivity contribution in [2.75, 3.05) is 5.73 Å². The van der Waals surface area contributed by atoms with E-state index < -0.39 is 21.3 Å². The second kappa shape index (κ2) is 7.89. The number of halogens is 1. The molecule has 4 rings (SSSR count). The van der Waals surface area contributed by atoms with Crippen molar-refractivity contribution >= 4 is 27.6 Å².